The number of benzene rings is 1. The number of hydrogen-bond acceptors (Lipinski definition) is 7. The van der Waals surface area contributed by atoms with E-state index in [0.717, 1.165) is 11.1 Å². The molecule has 0 atom stereocenters. The van der Waals surface area contributed by atoms with Gasteiger partial charge >= 0.3 is 0 Å². The Kier molecular flexibility index (Phi) is 4.10. The van der Waals surface area contributed by atoms with Crippen LogP contribution in [0.1, 0.15) is 0 Å². The quantitative estimate of drug-likeness (QED) is 0.551. The van der Waals surface area contributed by atoms with Crippen molar-refractivity contribution < 1.29 is 9.15 Å². The normalized spacial score (nSPS) is 11.3. The highest BCUT2D eigenvalue weighted by Crippen LogP contribution is 2.27. The fraction of sp³-hybridized carbons (Fsp3) is 0.222. The molecule has 8 heteroatoms. The fourth-order valence-corrected chi connectivity index (χ4v) is 2.79. The Morgan fingerprint density at radius 1 is 1.23 bits per heavy atom. The Morgan fingerprint density at radius 3 is 2.96 bits per heavy atom. The minimum atomic E-state index is -0.152. The second kappa shape index (κ2) is 6.57. The van der Waals surface area contributed by atoms with Crippen molar-refractivity contribution in [2.45, 2.75) is 0 Å². The lowest BCUT2D eigenvalue weighted by molar-refractivity contribution is 0.210. The number of anilines is 1. The van der Waals surface area contributed by atoms with Gasteiger partial charge in [-0.25, -0.2) is 15.0 Å². The predicted molar refractivity (Wildman–Crippen MR) is 98.1 cm³/mol. The lowest BCUT2D eigenvalue weighted by Gasteiger charge is -2.11. The monoisotopic (exact) mass is 351 g/mol. The van der Waals surface area contributed by atoms with E-state index in [2.05, 4.69) is 20.3 Å². The first-order valence-corrected chi connectivity index (χ1v) is 8.10. The van der Waals surface area contributed by atoms with Crippen molar-refractivity contribution in [1.29, 1.82) is 0 Å². The summed E-state index contributed by atoms with van der Waals surface area (Å²) in [5.74, 6) is 0.489. The van der Waals surface area contributed by atoms with Crippen LogP contribution < -0.4 is 10.9 Å². The van der Waals surface area contributed by atoms with E-state index in [4.69, 9.17) is 9.15 Å². The van der Waals surface area contributed by atoms with Gasteiger partial charge in [-0.2, -0.15) is 0 Å². The molecular formula is C18H17N5O3. The van der Waals surface area contributed by atoms with Gasteiger partial charge in [0.25, 0.3) is 5.56 Å². The van der Waals surface area contributed by atoms with Crippen LogP contribution in [0.15, 0.2) is 46.2 Å². The summed E-state index contributed by atoms with van der Waals surface area (Å²) < 4.78 is 11.8. The van der Waals surface area contributed by atoms with Crippen LogP contribution in [0.3, 0.4) is 0 Å². The van der Waals surface area contributed by atoms with Gasteiger partial charge < -0.3 is 19.0 Å². The Labute approximate surface area is 148 Å². The van der Waals surface area contributed by atoms with E-state index >= 15 is 0 Å². The molecule has 0 aliphatic heterocycles. The summed E-state index contributed by atoms with van der Waals surface area (Å²) in [6, 6.07) is 7.45. The number of fused-ring (bicyclic) bond motifs is 2. The molecule has 26 heavy (non-hydrogen) atoms. The van der Waals surface area contributed by atoms with Crippen molar-refractivity contribution in [3.8, 4) is 11.3 Å². The number of nitrogens with zero attached hydrogens (tertiary/aromatic N) is 4. The number of aryl methyl sites for hydroxylation is 1. The molecule has 0 spiro atoms. The van der Waals surface area contributed by atoms with E-state index < -0.39 is 0 Å². The van der Waals surface area contributed by atoms with E-state index in [0.29, 0.717) is 41.1 Å². The third-order valence-corrected chi connectivity index (χ3v) is 4.13. The number of oxazole rings is 1. The van der Waals surface area contributed by atoms with Crippen LogP contribution in [0.4, 0.5) is 5.82 Å². The first-order valence-electron chi connectivity index (χ1n) is 8.10. The molecule has 3 aromatic heterocycles. The minimum Gasteiger partial charge on any atom is -0.443 e. The molecule has 1 aromatic carbocycles. The van der Waals surface area contributed by atoms with Gasteiger partial charge in [0.1, 0.15) is 16.7 Å². The van der Waals surface area contributed by atoms with Crippen LogP contribution in [0.2, 0.25) is 0 Å². The molecule has 0 saturated carbocycles. The predicted octanol–water partition coefficient (Wildman–Crippen LogP) is 2.20. The molecule has 0 unspecified atom stereocenters. The minimum absolute atomic E-state index is 0.152. The summed E-state index contributed by atoms with van der Waals surface area (Å²) in [4.78, 5) is 25.8. The largest absolute Gasteiger partial charge is 0.443 e. The zero-order chi connectivity index (χ0) is 18.1. The van der Waals surface area contributed by atoms with Crippen LogP contribution >= 0.6 is 0 Å². The van der Waals surface area contributed by atoms with Crippen molar-refractivity contribution in [3.05, 3.63) is 47.3 Å². The van der Waals surface area contributed by atoms with Crippen molar-refractivity contribution in [3.63, 3.8) is 0 Å². The average Bonchev–Trinajstić information content (AvgIpc) is 3.12. The van der Waals surface area contributed by atoms with E-state index in [9.17, 15) is 4.79 Å². The highest BCUT2D eigenvalue weighted by Gasteiger charge is 2.13. The van der Waals surface area contributed by atoms with Crippen LogP contribution in [0, 0.1) is 0 Å². The third kappa shape index (κ3) is 2.80. The summed E-state index contributed by atoms with van der Waals surface area (Å²) >= 11 is 0. The molecule has 0 aliphatic rings. The number of rotatable bonds is 5. The van der Waals surface area contributed by atoms with Gasteiger partial charge in [-0.05, 0) is 24.3 Å². The smallest absolute Gasteiger partial charge is 0.264 e. The molecule has 0 fully saturated rings. The Bertz CT molecular complexity index is 1150. The standard InChI is InChI=1S/C18H17N5O3/c1-23-9-20-14-8-12(11-3-4-15-13(7-11)21-10-26-15)22-17(16(14)18(23)24)19-5-6-25-2/h3-4,7-10H,5-6H2,1-2H3,(H,19,22). The van der Waals surface area contributed by atoms with Crippen LogP contribution in [-0.4, -0.2) is 39.8 Å². The fourth-order valence-electron chi connectivity index (χ4n) is 2.79. The maximum atomic E-state index is 12.6. The first-order chi connectivity index (χ1) is 12.7. The molecule has 0 saturated heterocycles. The summed E-state index contributed by atoms with van der Waals surface area (Å²) in [6.07, 6.45) is 2.92. The molecule has 0 bridgehead atoms. The maximum absolute atomic E-state index is 12.6. The van der Waals surface area contributed by atoms with Crippen LogP contribution in [-0.2, 0) is 11.8 Å². The number of hydrogen-bond donors (Lipinski definition) is 1. The van der Waals surface area contributed by atoms with Crippen molar-refractivity contribution in [1.82, 2.24) is 19.5 Å². The van der Waals surface area contributed by atoms with Crippen molar-refractivity contribution >= 4 is 27.8 Å². The Hall–Kier alpha value is -3.26. The molecule has 4 rings (SSSR count). The first kappa shape index (κ1) is 16.2. The molecule has 0 radical (unpaired) electrons. The van der Waals surface area contributed by atoms with Gasteiger partial charge in [-0.3, -0.25) is 4.79 Å². The van der Waals surface area contributed by atoms with Gasteiger partial charge in [0.2, 0.25) is 0 Å². The molecule has 1 N–H and O–H groups in total. The van der Waals surface area contributed by atoms with E-state index in [1.54, 1.807) is 20.2 Å². The molecule has 132 valence electrons. The zero-order valence-corrected chi connectivity index (χ0v) is 14.4. The molecule has 4 aromatic rings. The van der Waals surface area contributed by atoms with Gasteiger partial charge in [-0.15, -0.1) is 0 Å². The summed E-state index contributed by atoms with van der Waals surface area (Å²) in [6.45, 7) is 1.03. The summed E-state index contributed by atoms with van der Waals surface area (Å²) in [5, 5.41) is 3.63. The molecule has 0 amide bonds. The second-order valence-corrected chi connectivity index (χ2v) is 5.87. The average molecular weight is 351 g/mol. The van der Waals surface area contributed by atoms with Crippen LogP contribution in [0.25, 0.3) is 33.3 Å². The highest BCUT2D eigenvalue weighted by molar-refractivity contribution is 5.92. The SMILES string of the molecule is COCCNc1nc(-c2ccc3ocnc3c2)cc2ncn(C)c(=O)c12. The topological polar surface area (TPSA) is 95.1 Å². The van der Waals surface area contributed by atoms with E-state index in [-0.39, 0.29) is 5.56 Å². The van der Waals surface area contributed by atoms with Gasteiger partial charge in [0.15, 0.2) is 12.0 Å². The maximum Gasteiger partial charge on any atom is 0.264 e. The zero-order valence-electron chi connectivity index (χ0n) is 14.4. The highest BCUT2D eigenvalue weighted by atomic mass is 16.5. The van der Waals surface area contributed by atoms with Gasteiger partial charge in [-0.1, -0.05) is 0 Å². The van der Waals surface area contributed by atoms with Crippen molar-refractivity contribution in [2.75, 3.05) is 25.6 Å². The van der Waals surface area contributed by atoms with Crippen molar-refractivity contribution in [2.24, 2.45) is 7.05 Å². The number of pyridine rings is 1. The number of ether oxygens (including phenoxy) is 1. The number of methoxy groups -OCH3 is 1. The lowest BCUT2D eigenvalue weighted by atomic mass is 10.1. The van der Waals surface area contributed by atoms with Crippen LogP contribution in [0.5, 0.6) is 0 Å². The summed E-state index contributed by atoms with van der Waals surface area (Å²) in [7, 11) is 3.29. The number of aromatic nitrogens is 4. The third-order valence-electron chi connectivity index (χ3n) is 4.13. The van der Waals surface area contributed by atoms with E-state index in [1.807, 2.05) is 18.2 Å². The second-order valence-electron chi connectivity index (χ2n) is 5.87. The van der Waals surface area contributed by atoms with E-state index in [1.165, 1.54) is 17.3 Å². The Balaban J connectivity index is 1.89. The lowest BCUT2D eigenvalue weighted by Crippen LogP contribution is -2.20. The molecule has 8 nitrogen and oxygen atoms in total. The van der Waals surface area contributed by atoms with Gasteiger partial charge in [0.05, 0.1) is 24.1 Å². The Morgan fingerprint density at radius 2 is 2.12 bits per heavy atom. The molecular weight excluding hydrogens is 334 g/mol. The number of nitrogens with one attached hydrogen (secondary N) is 1. The molecule has 3 heterocycles. The molecule has 0 aliphatic carbocycles. The van der Waals surface area contributed by atoms with Gasteiger partial charge in [0, 0.05) is 26.3 Å². The summed E-state index contributed by atoms with van der Waals surface area (Å²) in [5.41, 5.74) is 3.45.